The zero-order chi connectivity index (χ0) is 17.7. The average Bonchev–Trinajstić information content (AvgIpc) is 2.79. The van der Waals surface area contributed by atoms with Crippen molar-refractivity contribution in [1.29, 1.82) is 0 Å². The van der Waals surface area contributed by atoms with Gasteiger partial charge in [-0.1, -0.05) is 12.1 Å². The lowest BCUT2D eigenvalue weighted by Crippen LogP contribution is -2.25. The molecule has 0 aromatic heterocycles. The Morgan fingerprint density at radius 3 is 2.79 bits per heavy atom. The number of amides is 3. The highest BCUT2D eigenvalue weighted by molar-refractivity contribution is 9.10. The summed E-state index contributed by atoms with van der Waals surface area (Å²) in [5.74, 6) is -0.383. The van der Waals surface area contributed by atoms with E-state index in [9.17, 15) is 14.7 Å². The zero-order valence-corrected chi connectivity index (χ0v) is 14.2. The number of imide groups is 1. The number of halogens is 1. The second-order valence-electron chi connectivity index (χ2n) is 4.84. The Labute approximate surface area is 146 Å². The number of phenolic OH excluding ortho intramolecular Hbond substituents is 1. The van der Waals surface area contributed by atoms with Gasteiger partial charge in [-0.05, 0) is 46.1 Å². The summed E-state index contributed by atoms with van der Waals surface area (Å²) in [6, 6.07) is 4.28. The van der Waals surface area contributed by atoms with Crippen LogP contribution in [0.4, 0.5) is 4.79 Å². The van der Waals surface area contributed by atoms with E-state index in [4.69, 9.17) is 11.5 Å². The summed E-state index contributed by atoms with van der Waals surface area (Å²) >= 11 is 3.20. The maximum absolute atomic E-state index is 12.2. The first-order chi connectivity index (χ1) is 11.4. The molecule has 0 unspecified atom stereocenters. The number of urea groups is 1. The van der Waals surface area contributed by atoms with E-state index in [0.717, 1.165) is 4.90 Å². The van der Waals surface area contributed by atoms with Gasteiger partial charge in [0.05, 0.1) is 4.47 Å². The van der Waals surface area contributed by atoms with Crippen molar-refractivity contribution in [2.45, 2.75) is 6.42 Å². The van der Waals surface area contributed by atoms with Crippen molar-refractivity contribution >= 4 is 39.9 Å². The van der Waals surface area contributed by atoms with Crippen molar-refractivity contribution in [3.63, 3.8) is 0 Å². The van der Waals surface area contributed by atoms with Gasteiger partial charge in [-0.15, -0.1) is 0 Å². The molecule has 0 aliphatic carbocycles. The third-order valence-electron chi connectivity index (χ3n) is 3.07. The van der Waals surface area contributed by atoms with Crippen molar-refractivity contribution in [3.05, 3.63) is 46.2 Å². The van der Waals surface area contributed by atoms with E-state index in [-0.39, 0.29) is 17.4 Å². The van der Waals surface area contributed by atoms with Crippen LogP contribution >= 0.6 is 15.9 Å². The number of guanidine groups is 1. The summed E-state index contributed by atoms with van der Waals surface area (Å²) in [4.78, 5) is 28.8. The normalized spacial score (nSPS) is 16.0. The topological polar surface area (TPSA) is 134 Å². The third kappa shape index (κ3) is 4.35. The lowest BCUT2D eigenvalue weighted by atomic mass is 10.2. The van der Waals surface area contributed by atoms with Crippen LogP contribution in [0.15, 0.2) is 45.6 Å². The molecule has 126 valence electrons. The Morgan fingerprint density at radius 2 is 2.12 bits per heavy atom. The molecule has 0 bridgehead atoms. The van der Waals surface area contributed by atoms with Gasteiger partial charge < -0.3 is 21.9 Å². The molecule has 1 fully saturated rings. The van der Waals surface area contributed by atoms with Crippen LogP contribution < -0.4 is 16.8 Å². The first-order valence-electron chi connectivity index (χ1n) is 6.95. The van der Waals surface area contributed by atoms with E-state index in [2.05, 4.69) is 26.2 Å². The number of benzene rings is 1. The summed E-state index contributed by atoms with van der Waals surface area (Å²) in [7, 11) is 0. The Bertz CT molecular complexity index is 753. The van der Waals surface area contributed by atoms with Crippen LogP contribution in [0.2, 0.25) is 0 Å². The molecule has 1 saturated heterocycles. The van der Waals surface area contributed by atoms with Crippen LogP contribution in [0, 0.1) is 0 Å². The number of hydrogen-bond acceptors (Lipinski definition) is 4. The van der Waals surface area contributed by atoms with Crippen molar-refractivity contribution in [2.24, 2.45) is 16.5 Å². The van der Waals surface area contributed by atoms with Crippen molar-refractivity contribution < 1.29 is 14.7 Å². The molecule has 1 aromatic carbocycles. The largest absolute Gasteiger partial charge is 0.507 e. The summed E-state index contributed by atoms with van der Waals surface area (Å²) in [5.41, 5.74) is 11.3. The molecule has 3 amide bonds. The monoisotopic (exact) mass is 393 g/mol. The third-order valence-corrected chi connectivity index (χ3v) is 3.70. The first-order valence-corrected chi connectivity index (χ1v) is 7.74. The Morgan fingerprint density at radius 1 is 1.38 bits per heavy atom. The van der Waals surface area contributed by atoms with E-state index < -0.39 is 11.9 Å². The highest BCUT2D eigenvalue weighted by atomic mass is 79.9. The second kappa shape index (κ2) is 7.64. The predicted octanol–water partition coefficient (Wildman–Crippen LogP) is 1.22. The van der Waals surface area contributed by atoms with Gasteiger partial charge in [-0.2, -0.15) is 0 Å². The maximum Gasteiger partial charge on any atom is 0.333 e. The minimum absolute atomic E-state index is 0.0280. The standard InChI is InChI=1S/C15H16BrN5O3/c16-10-8-9(3-4-12(10)22)5-7-21-13(23)11(20-15(21)24)2-1-6-19-14(17)18/h2-5,7-8,22H,1,6H2,(H,20,24)(H4,17,18,19). The van der Waals surface area contributed by atoms with E-state index in [0.29, 0.717) is 23.0 Å². The van der Waals surface area contributed by atoms with Gasteiger partial charge in [-0.25, -0.2) is 9.69 Å². The van der Waals surface area contributed by atoms with Gasteiger partial charge >= 0.3 is 6.03 Å². The molecule has 0 spiro atoms. The highest BCUT2D eigenvalue weighted by Crippen LogP contribution is 2.25. The molecule has 6 N–H and O–H groups in total. The molecule has 0 atom stereocenters. The van der Waals surface area contributed by atoms with Gasteiger partial charge in [0.1, 0.15) is 11.4 Å². The number of carbonyl (C=O) groups excluding carboxylic acids is 2. The Kier molecular flexibility index (Phi) is 5.59. The van der Waals surface area contributed by atoms with Gasteiger partial charge in [0.25, 0.3) is 5.91 Å². The first kappa shape index (κ1) is 17.5. The average molecular weight is 394 g/mol. The molecular weight excluding hydrogens is 378 g/mol. The SMILES string of the molecule is NC(N)=NCCC=C1NC(=O)N(C=Cc2ccc(O)c(Br)c2)C1=O. The second-order valence-corrected chi connectivity index (χ2v) is 5.70. The number of aliphatic imine (C=N–C) groups is 1. The Balaban J connectivity index is 2.05. The molecule has 0 radical (unpaired) electrons. The number of aromatic hydroxyl groups is 1. The van der Waals surface area contributed by atoms with Crippen LogP contribution in [0.5, 0.6) is 5.75 Å². The molecule has 24 heavy (non-hydrogen) atoms. The minimum Gasteiger partial charge on any atom is -0.507 e. The van der Waals surface area contributed by atoms with Gasteiger partial charge in [0.15, 0.2) is 5.96 Å². The fraction of sp³-hybridized carbons (Fsp3) is 0.133. The molecular formula is C15H16BrN5O3. The summed E-state index contributed by atoms with van der Waals surface area (Å²) in [5, 5.41) is 11.9. The van der Waals surface area contributed by atoms with Crippen LogP contribution in [-0.2, 0) is 4.79 Å². The lowest BCUT2D eigenvalue weighted by molar-refractivity contribution is -0.121. The lowest BCUT2D eigenvalue weighted by Gasteiger charge is -2.05. The zero-order valence-electron chi connectivity index (χ0n) is 12.6. The van der Waals surface area contributed by atoms with Gasteiger partial charge in [-0.3, -0.25) is 9.79 Å². The summed E-state index contributed by atoms with van der Waals surface area (Å²) in [6.45, 7) is 0.326. The Hall–Kier alpha value is -2.81. The number of hydrogen-bond donors (Lipinski definition) is 4. The molecule has 0 saturated carbocycles. The van der Waals surface area contributed by atoms with E-state index in [1.807, 2.05) is 0 Å². The molecule has 2 rings (SSSR count). The highest BCUT2D eigenvalue weighted by Gasteiger charge is 2.31. The molecule has 8 nitrogen and oxygen atoms in total. The van der Waals surface area contributed by atoms with E-state index in [1.54, 1.807) is 24.3 Å². The van der Waals surface area contributed by atoms with Crippen molar-refractivity contribution in [3.8, 4) is 5.75 Å². The molecule has 1 aromatic rings. The number of nitrogens with one attached hydrogen (secondary N) is 1. The number of carbonyl (C=O) groups is 2. The number of nitrogens with zero attached hydrogens (tertiary/aromatic N) is 2. The van der Waals surface area contributed by atoms with Crippen LogP contribution in [0.3, 0.4) is 0 Å². The molecule has 1 aliphatic heterocycles. The number of phenols is 1. The number of nitrogens with two attached hydrogens (primary N) is 2. The minimum atomic E-state index is -0.540. The van der Waals surface area contributed by atoms with Gasteiger partial charge in [0, 0.05) is 12.7 Å². The van der Waals surface area contributed by atoms with Crippen molar-refractivity contribution in [2.75, 3.05) is 6.54 Å². The van der Waals surface area contributed by atoms with E-state index >= 15 is 0 Å². The molecule has 9 heteroatoms. The fourth-order valence-electron chi connectivity index (χ4n) is 1.91. The quantitative estimate of drug-likeness (QED) is 0.196. The fourth-order valence-corrected chi connectivity index (χ4v) is 2.31. The summed E-state index contributed by atoms with van der Waals surface area (Å²) in [6.07, 6.45) is 4.94. The van der Waals surface area contributed by atoms with Crippen LogP contribution in [0.1, 0.15) is 12.0 Å². The molecule has 1 heterocycles. The molecule has 1 aliphatic rings. The van der Waals surface area contributed by atoms with Gasteiger partial charge in [0.2, 0.25) is 0 Å². The van der Waals surface area contributed by atoms with Crippen LogP contribution in [0.25, 0.3) is 6.08 Å². The number of rotatable bonds is 5. The van der Waals surface area contributed by atoms with Crippen LogP contribution in [-0.4, -0.2) is 34.4 Å². The predicted molar refractivity (Wildman–Crippen MR) is 93.6 cm³/mol. The van der Waals surface area contributed by atoms with Crippen molar-refractivity contribution in [1.82, 2.24) is 10.2 Å². The maximum atomic E-state index is 12.2. The summed E-state index contributed by atoms with van der Waals surface area (Å²) < 4.78 is 0.516. The smallest absolute Gasteiger partial charge is 0.333 e. The van der Waals surface area contributed by atoms with E-state index in [1.165, 1.54) is 12.3 Å².